The number of oxazole rings is 1. The summed E-state index contributed by atoms with van der Waals surface area (Å²) in [6, 6.07) is 14.0. The van der Waals surface area contributed by atoms with E-state index in [0.717, 1.165) is 11.1 Å². The summed E-state index contributed by atoms with van der Waals surface area (Å²) in [6.07, 6.45) is 0. The van der Waals surface area contributed by atoms with Gasteiger partial charge < -0.3 is 14.2 Å². The van der Waals surface area contributed by atoms with Crippen LogP contribution in [0.3, 0.4) is 0 Å². The summed E-state index contributed by atoms with van der Waals surface area (Å²) < 4.78 is 20.1. The first-order valence-corrected chi connectivity index (χ1v) is 9.35. The van der Waals surface area contributed by atoms with Crippen LogP contribution < -0.4 is 4.90 Å². The van der Waals surface area contributed by atoms with Crippen LogP contribution in [0.4, 0.5) is 10.4 Å². The van der Waals surface area contributed by atoms with Crippen LogP contribution in [0.5, 0.6) is 0 Å². The fourth-order valence-electron chi connectivity index (χ4n) is 3.62. The van der Waals surface area contributed by atoms with Crippen molar-refractivity contribution >= 4 is 23.0 Å². The zero-order chi connectivity index (χ0) is 19.7. The van der Waals surface area contributed by atoms with Crippen LogP contribution in [0, 0.1) is 5.82 Å². The van der Waals surface area contributed by atoms with E-state index in [-0.39, 0.29) is 11.7 Å². The molecule has 28 heavy (non-hydrogen) atoms. The van der Waals surface area contributed by atoms with Crippen molar-refractivity contribution in [2.24, 2.45) is 0 Å². The Bertz CT molecular complexity index is 946. The van der Waals surface area contributed by atoms with Crippen LogP contribution in [0.25, 0.3) is 11.1 Å². The van der Waals surface area contributed by atoms with Crippen LogP contribution in [0.15, 0.2) is 52.9 Å². The van der Waals surface area contributed by atoms with Gasteiger partial charge in [0.1, 0.15) is 17.4 Å². The number of halogens is 1. The molecule has 0 bridgehead atoms. The van der Waals surface area contributed by atoms with Crippen LogP contribution >= 0.6 is 0 Å². The van der Waals surface area contributed by atoms with E-state index >= 15 is 0 Å². The number of benzene rings is 2. The van der Waals surface area contributed by atoms with Crippen molar-refractivity contribution in [3.8, 4) is 0 Å². The lowest BCUT2D eigenvalue weighted by Crippen LogP contribution is -2.51. The Morgan fingerprint density at radius 1 is 1.07 bits per heavy atom. The van der Waals surface area contributed by atoms with Crippen molar-refractivity contribution in [2.75, 3.05) is 45.2 Å². The summed E-state index contributed by atoms with van der Waals surface area (Å²) in [5, 5.41) is 0. The Balaban J connectivity index is 1.47. The lowest BCUT2D eigenvalue weighted by atomic mass is 10.0. The predicted octanol–water partition coefficient (Wildman–Crippen LogP) is 2.92. The molecule has 4 rings (SSSR count). The summed E-state index contributed by atoms with van der Waals surface area (Å²) in [4.78, 5) is 23.2. The van der Waals surface area contributed by atoms with Gasteiger partial charge in [-0.1, -0.05) is 30.3 Å². The first-order valence-electron chi connectivity index (χ1n) is 9.35. The molecule has 0 N–H and O–H groups in total. The van der Waals surface area contributed by atoms with Crippen LogP contribution in [-0.2, 0) is 4.79 Å². The zero-order valence-corrected chi connectivity index (χ0v) is 16.0. The maximum Gasteiger partial charge on any atom is 0.298 e. The molecule has 1 aliphatic heterocycles. The molecule has 1 aromatic heterocycles. The quantitative estimate of drug-likeness (QED) is 0.695. The maximum absolute atomic E-state index is 14.3. The average Bonchev–Trinajstić information content (AvgIpc) is 3.14. The van der Waals surface area contributed by atoms with Crippen molar-refractivity contribution in [1.29, 1.82) is 0 Å². The van der Waals surface area contributed by atoms with Gasteiger partial charge in [-0.2, -0.15) is 4.98 Å². The van der Waals surface area contributed by atoms with Crippen molar-refractivity contribution < 1.29 is 13.6 Å². The van der Waals surface area contributed by atoms with Crippen LogP contribution in [-0.4, -0.2) is 61.0 Å². The van der Waals surface area contributed by atoms with Crippen LogP contribution in [0.2, 0.25) is 0 Å². The molecule has 0 saturated carbocycles. The van der Waals surface area contributed by atoms with Crippen molar-refractivity contribution in [1.82, 2.24) is 14.8 Å². The van der Waals surface area contributed by atoms with Crippen molar-refractivity contribution in [2.45, 2.75) is 6.04 Å². The van der Waals surface area contributed by atoms with Gasteiger partial charge in [0.05, 0.1) is 0 Å². The molecule has 1 unspecified atom stereocenters. The molecule has 1 fully saturated rings. The molecule has 146 valence electrons. The normalized spacial score (nSPS) is 16.0. The lowest BCUT2D eigenvalue weighted by Gasteiger charge is -2.37. The molecule has 1 atom stereocenters. The molecule has 2 heterocycles. The van der Waals surface area contributed by atoms with Gasteiger partial charge in [-0.3, -0.25) is 9.69 Å². The molecule has 6 nitrogen and oxygen atoms in total. The maximum atomic E-state index is 14.3. The molecule has 1 amide bonds. The number of carbonyl (C=O) groups is 1. The molecule has 1 aliphatic rings. The third kappa shape index (κ3) is 3.45. The van der Waals surface area contributed by atoms with Gasteiger partial charge >= 0.3 is 0 Å². The molecule has 2 aromatic carbocycles. The lowest BCUT2D eigenvalue weighted by molar-refractivity contribution is -0.136. The second-order valence-corrected chi connectivity index (χ2v) is 7.16. The molecular weight excluding hydrogens is 359 g/mol. The summed E-state index contributed by atoms with van der Waals surface area (Å²) in [6.45, 7) is 2.32. The number of nitrogens with zero attached hydrogens (tertiary/aromatic N) is 4. The highest BCUT2D eigenvalue weighted by molar-refractivity contribution is 5.83. The first kappa shape index (κ1) is 18.4. The van der Waals surface area contributed by atoms with E-state index in [1.165, 1.54) is 6.07 Å². The number of rotatable bonds is 4. The molecule has 0 radical (unpaired) electrons. The Labute approximate surface area is 163 Å². The third-order valence-corrected chi connectivity index (χ3v) is 5.09. The first-order chi connectivity index (χ1) is 13.5. The number of likely N-dealkylation sites (N-methyl/N-ethyl adjacent to an activating group) is 1. The Morgan fingerprint density at radius 2 is 1.75 bits per heavy atom. The highest BCUT2D eigenvalue weighted by Gasteiger charge is 2.32. The Kier molecular flexibility index (Phi) is 5.00. The van der Waals surface area contributed by atoms with Crippen molar-refractivity contribution in [3.63, 3.8) is 0 Å². The Morgan fingerprint density at radius 3 is 2.43 bits per heavy atom. The number of fused-ring (bicyclic) bond motifs is 1. The minimum absolute atomic E-state index is 0.0904. The highest BCUT2D eigenvalue weighted by Crippen LogP contribution is 2.26. The number of para-hydroxylation sites is 2. The summed E-state index contributed by atoms with van der Waals surface area (Å²) in [5.41, 5.74) is 1.98. The van der Waals surface area contributed by atoms with Gasteiger partial charge in [-0.25, -0.2) is 4.39 Å². The van der Waals surface area contributed by atoms with E-state index in [2.05, 4.69) is 4.98 Å². The topological polar surface area (TPSA) is 52.8 Å². The van der Waals surface area contributed by atoms with E-state index in [1.807, 2.05) is 29.2 Å². The second-order valence-electron chi connectivity index (χ2n) is 7.16. The number of amides is 1. The molecule has 3 aromatic rings. The number of carbonyl (C=O) groups excluding carboxylic acids is 1. The van der Waals surface area contributed by atoms with Gasteiger partial charge in [0, 0.05) is 31.7 Å². The van der Waals surface area contributed by atoms with Crippen LogP contribution in [0.1, 0.15) is 11.6 Å². The van der Waals surface area contributed by atoms with E-state index in [0.29, 0.717) is 37.8 Å². The Hall–Kier alpha value is -2.93. The second kappa shape index (κ2) is 7.59. The third-order valence-electron chi connectivity index (χ3n) is 5.09. The van der Waals surface area contributed by atoms with Crippen molar-refractivity contribution in [3.05, 3.63) is 59.9 Å². The van der Waals surface area contributed by atoms with E-state index in [9.17, 15) is 9.18 Å². The SMILES string of the molecule is CN(C)C(C(=O)N1CCN(c2nc3ccccc3o2)CC1)c1ccccc1F. The number of aromatic nitrogens is 1. The molecular formula is C21H23FN4O2. The molecule has 7 heteroatoms. The minimum atomic E-state index is -0.642. The number of anilines is 1. The van der Waals surface area contributed by atoms with Gasteiger partial charge in [0.15, 0.2) is 5.58 Å². The van der Waals surface area contributed by atoms with Gasteiger partial charge in [0.2, 0.25) is 5.91 Å². The summed E-state index contributed by atoms with van der Waals surface area (Å²) in [5.74, 6) is -0.452. The van der Waals surface area contributed by atoms with E-state index < -0.39 is 6.04 Å². The van der Waals surface area contributed by atoms with E-state index in [4.69, 9.17) is 4.42 Å². The molecule has 0 aliphatic carbocycles. The zero-order valence-electron chi connectivity index (χ0n) is 16.0. The van der Waals surface area contributed by atoms with Gasteiger partial charge in [0.25, 0.3) is 6.01 Å². The minimum Gasteiger partial charge on any atom is -0.423 e. The fraction of sp³-hybridized carbons (Fsp3) is 0.333. The largest absolute Gasteiger partial charge is 0.423 e. The number of hydrogen-bond donors (Lipinski definition) is 0. The molecule has 0 spiro atoms. The predicted molar refractivity (Wildman–Crippen MR) is 106 cm³/mol. The molecule has 1 saturated heterocycles. The average molecular weight is 382 g/mol. The number of hydrogen-bond acceptors (Lipinski definition) is 5. The number of piperazine rings is 1. The van der Waals surface area contributed by atoms with E-state index in [1.54, 1.807) is 42.1 Å². The summed E-state index contributed by atoms with van der Waals surface area (Å²) >= 11 is 0. The van der Waals surface area contributed by atoms with Gasteiger partial charge in [-0.15, -0.1) is 0 Å². The monoisotopic (exact) mass is 382 g/mol. The smallest absolute Gasteiger partial charge is 0.298 e. The van der Waals surface area contributed by atoms with Gasteiger partial charge in [-0.05, 0) is 32.3 Å². The fourth-order valence-corrected chi connectivity index (χ4v) is 3.62. The standard InChI is InChI=1S/C21H23FN4O2/c1-24(2)19(15-7-3-4-8-16(15)22)20(27)25-11-13-26(14-12-25)21-23-17-9-5-6-10-18(17)28-21/h3-10,19H,11-14H2,1-2H3. The summed E-state index contributed by atoms with van der Waals surface area (Å²) in [7, 11) is 3.59. The highest BCUT2D eigenvalue weighted by atomic mass is 19.1.